The van der Waals surface area contributed by atoms with Crippen molar-refractivity contribution < 1.29 is 0 Å². The van der Waals surface area contributed by atoms with Crippen molar-refractivity contribution in [2.45, 2.75) is 9.79 Å². The molecule has 1 aliphatic heterocycles. The predicted molar refractivity (Wildman–Crippen MR) is 55.9 cm³/mol. The summed E-state index contributed by atoms with van der Waals surface area (Å²) in [5.74, 6) is 0.915. The molecule has 3 heterocycles. The molecule has 68 valence electrons. The first kappa shape index (κ1) is 7.82. The number of fused-ring (bicyclic) bond motifs is 2. The molecule has 1 aliphatic rings. The fourth-order valence-corrected chi connectivity index (χ4v) is 2.30. The van der Waals surface area contributed by atoms with Crippen LogP contribution in [0.1, 0.15) is 0 Å². The van der Waals surface area contributed by atoms with Gasteiger partial charge in [0.2, 0.25) is 0 Å². The van der Waals surface area contributed by atoms with E-state index in [2.05, 4.69) is 21.4 Å². The van der Waals surface area contributed by atoms with Gasteiger partial charge in [0.15, 0.2) is 0 Å². The minimum absolute atomic E-state index is 0.915. The molecule has 0 spiro atoms. The highest BCUT2D eigenvalue weighted by Gasteiger charge is 2.15. The van der Waals surface area contributed by atoms with E-state index in [1.54, 1.807) is 24.2 Å². The Bertz CT molecular complexity index is 397. The van der Waals surface area contributed by atoms with Crippen LogP contribution in [0.4, 0.5) is 11.5 Å². The van der Waals surface area contributed by atoms with Crippen LogP contribution in [-0.2, 0) is 0 Å². The van der Waals surface area contributed by atoms with Crippen LogP contribution in [0.15, 0.2) is 46.6 Å². The van der Waals surface area contributed by atoms with Crippen LogP contribution >= 0.6 is 11.8 Å². The number of anilines is 2. The Morgan fingerprint density at radius 1 is 1.14 bits per heavy atom. The maximum atomic E-state index is 4.26. The third kappa shape index (κ3) is 1.15. The molecule has 0 atom stereocenters. The smallest absolute Gasteiger partial charge is 0.144 e. The molecule has 0 fully saturated rings. The van der Waals surface area contributed by atoms with Gasteiger partial charge in [-0.25, -0.2) is 4.98 Å². The van der Waals surface area contributed by atoms with Gasteiger partial charge in [0, 0.05) is 17.3 Å². The van der Waals surface area contributed by atoms with Gasteiger partial charge in [-0.3, -0.25) is 4.98 Å². The van der Waals surface area contributed by atoms with E-state index in [9.17, 15) is 0 Å². The lowest BCUT2D eigenvalue weighted by Gasteiger charge is -2.18. The first-order chi connectivity index (χ1) is 6.93. The van der Waals surface area contributed by atoms with Crippen LogP contribution in [0.25, 0.3) is 0 Å². The van der Waals surface area contributed by atoms with Gasteiger partial charge < -0.3 is 5.32 Å². The number of rotatable bonds is 0. The van der Waals surface area contributed by atoms with Crippen molar-refractivity contribution in [3.05, 3.63) is 36.8 Å². The molecule has 0 aromatic carbocycles. The van der Waals surface area contributed by atoms with Gasteiger partial charge in [0.1, 0.15) is 5.82 Å². The minimum Gasteiger partial charge on any atom is -0.337 e. The van der Waals surface area contributed by atoms with Gasteiger partial charge in [0.05, 0.1) is 16.8 Å². The van der Waals surface area contributed by atoms with Gasteiger partial charge in [-0.15, -0.1) is 0 Å². The number of aromatic nitrogens is 2. The van der Waals surface area contributed by atoms with Crippen LogP contribution in [0.5, 0.6) is 0 Å². The standard InChI is InChI=1S/C10H7N3S/c1-2-9-10(12-4-1)13-7-6-11-5-3-8(7)14-9/h1-6H,(H,12,13). The Morgan fingerprint density at radius 2 is 2.14 bits per heavy atom. The lowest BCUT2D eigenvalue weighted by Crippen LogP contribution is -2.01. The molecule has 0 radical (unpaired) electrons. The van der Waals surface area contributed by atoms with E-state index in [0.717, 1.165) is 16.4 Å². The molecule has 0 saturated carbocycles. The average Bonchev–Trinajstić information content (AvgIpc) is 2.26. The largest absolute Gasteiger partial charge is 0.337 e. The molecule has 0 aliphatic carbocycles. The Balaban J connectivity index is 2.12. The highest BCUT2D eigenvalue weighted by atomic mass is 32.2. The van der Waals surface area contributed by atoms with Crippen molar-refractivity contribution in [1.82, 2.24) is 9.97 Å². The first-order valence-corrected chi connectivity index (χ1v) is 5.09. The van der Waals surface area contributed by atoms with E-state index >= 15 is 0 Å². The fourth-order valence-electron chi connectivity index (χ4n) is 1.38. The fraction of sp³-hybridized carbons (Fsp3) is 0. The molecule has 0 saturated heterocycles. The molecule has 0 unspecified atom stereocenters. The van der Waals surface area contributed by atoms with E-state index in [4.69, 9.17) is 0 Å². The summed E-state index contributed by atoms with van der Waals surface area (Å²) in [7, 11) is 0. The van der Waals surface area contributed by atoms with E-state index < -0.39 is 0 Å². The highest BCUT2D eigenvalue weighted by Crippen LogP contribution is 2.41. The molecule has 14 heavy (non-hydrogen) atoms. The Hall–Kier alpha value is -1.55. The van der Waals surface area contributed by atoms with E-state index in [1.165, 1.54) is 4.90 Å². The minimum atomic E-state index is 0.915. The number of hydrogen-bond donors (Lipinski definition) is 1. The van der Waals surface area contributed by atoms with Crippen LogP contribution in [0.2, 0.25) is 0 Å². The van der Waals surface area contributed by atoms with Crippen LogP contribution in [0, 0.1) is 0 Å². The van der Waals surface area contributed by atoms with E-state index in [0.29, 0.717) is 0 Å². The Labute approximate surface area is 85.6 Å². The molecule has 0 amide bonds. The summed E-state index contributed by atoms with van der Waals surface area (Å²) < 4.78 is 0. The van der Waals surface area contributed by atoms with Crippen molar-refractivity contribution in [2.24, 2.45) is 0 Å². The molecule has 1 N–H and O–H groups in total. The lowest BCUT2D eigenvalue weighted by molar-refractivity contribution is 1.17. The second kappa shape index (κ2) is 2.99. The van der Waals surface area contributed by atoms with E-state index in [-0.39, 0.29) is 0 Å². The number of hydrogen-bond acceptors (Lipinski definition) is 4. The Kier molecular flexibility index (Phi) is 1.67. The Morgan fingerprint density at radius 3 is 3.14 bits per heavy atom. The normalized spacial score (nSPS) is 12.6. The molecule has 3 nitrogen and oxygen atoms in total. The van der Waals surface area contributed by atoms with Gasteiger partial charge in [-0.1, -0.05) is 11.8 Å². The second-order valence-corrected chi connectivity index (χ2v) is 4.03. The average molecular weight is 201 g/mol. The number of pyridine rings is 2. The molecule has 2 aromatic rings. The molecular weight excluding hydrogens is 194 g/mol. The highest BCUT2D eigenvalue weighted by molar-refractivity contribution is 7.99. The molecule has 4 heteroatoms. The molecule has 0 bridgehead atoms. The predicted octanol–water partition coefficient (Wildman–Crippen LogP) is 2.68. The summed E-state index contributed by atoms with van der Waals surface area (Å²) in [5, 5.41) is 3.25. The van der Waals surface area contributed by atoms with Crippen molar-refractivity contribution in [3.8, 4) is 0 Å². The zero-order valence-corrected chi connectivity index (χ0v) is 8.08. The monoisotopic (exact) mass is 201 g/mol. The van der Waals surface area contributed by atoms with Crippen molar-refractivity contribution in [3.63, 3.8) is 0 Å². The number of nitrogens with one attached hydrogen (secondary N) is 1. The van der Waals surface area contributed by atoms with Crippen LogP contribution in [0.3, 0.4) is 0 Å². The van der Waals surface area contributed by atoms with Crippen LogP contribution < -0.4 is 5.32 Å². The quantitative estimate of drug-likeness (QED) is 0.606. The summed E-state index contributed by atoms with van der Waals surface area (Å²) in [6.07, 6.45) is 5.41. The summed E-state index contributed by atoms with van der Waals surface area (Å²) >= 11 is 1.72. The van der Waals surface area contributed by atoms with Gasteiger partial charge in [-0.2, -0.15) is 0 Å². The lowest BCUT2D eigenvalue weighted by atomic mass is 10.4. The zero-order valence-electron chi connectivity index (χ0n) is 7.27. The van der Waals surface area contributed by atoms with Crippen LogP contribution in [-0.4, -0.2) is 9.97 Å². The van der Waals surface area contributed by atoms with E-state index in [1.807, 2.05) is 18.3 Å². The summed E-state index contributed by atoms with van der Waals surface area (Å²) in [6, 6.07) is 6.01. The second-order valence-electron chi connectivity index (χ2n) is 2.95. The topological polar surface area (TPSA) is 37.8 Å². The number of nitrogens with zero attached hydrogens (tertiary/aromatic N) is 2. The first-order valence-electron chi connectivity index (χ1n) is 4.27. The molecule has 2 aromatic heterocycles. The SMILES string of the molecule is c1cnc2c(c1)Sc1ccncc1N2. The summed E-state index contributed by atoms with van der Waals surface area (Å²) in [6.45, 7) is 0. The van der Waals surface area contributed by atoms with Crippen molar-refractivity contribution >= 4 is 23.3 Å². The van der Waals surface area contributed by atoms with Crippen molar-refractivity contribution in [1.29, 1.82) is 0 Å². The van der Waals surface area contributed by atoms with Gasteiger partial charge >= 0.3 is 0 Å². The summed E-state index contributed by atoms with van der Waals surface area (Å²) in [5.41, 5.74) is 1.03. The molecular formula is C10H7N3S. The van der Waals surface area contributed by atoms with Crippen molar-refractivity contribution in [2.75, 3.05) is 5.32 Å². The maximum absolute atomic E-state index is 4.26. The third-order valence-electron chi connectivity index (χ3n) is 2.02. The van der Waals surface area contributed by atoms with Gasteiger partial charge in [-0.05, 0) is 18.2 Å². The third-order valence-corrected chi connectivity index (χ3v) is 3.15. The maximum Gasteiger partial charge on any atom is 0.144 e. The zero-order chi connectivity index (χ0) is 9.38. The van der Waals surface area contributed by atoms with Gasteiger partial charge in [0.25, 0.3) is 0 Å². The molecule has 3 rings (SSSR count). The summed E-state index contributed by atoms with van der Waals surface area (Å²) in [4.78, 5) is 10.7.